The zero-order valence-corrected chi connectivity index (χ0v) is 14.0. The second kappa shape index (κ2) is 5.94. The molecule has 2 aromatic carbocycles. The number of hydrogen-bond donors (Lipinski definition) is 1. The molecule has 0 aliphatic carbocycles. The molecular formula is C17H16F3N3O3. The molecule has 0 saturated carbocycles. The van der Waals surface area contributed by atoms with E-state index < -0.39 is 28.6 Å². The molecule has 9 heteroatoms. The van der Waals surface area contributed by atoms with E-state index in [-0.39, 0.29) is 28.4 Å². The lowest BCUT2D eigenvalue weighted by molar-refractivity contribution is -0.383. The fourth-order valence-corrected chi connectivity index (χ4v) is 3.38. The molecule has 0 bridgehead atoms. The number of nitro groups is 1. The molecule has 1 aliphatic heterocycles. The summed E-state index contributed by atoms with van der Waals surface area (Å²) >= 11 is 0. The standard InChI is InChI=1S/C17H16F3N3O3/c1-16(2)9-14(24)21-22(16)15(17(18,19)20)12-7-8-13(23(25)26)11-6-4-3-5-10(11)12/h3-8,15H,9H2,1-2H3,(H,21,24). The van der Waals surface area contributed by atoms with Crippen molar-refractivity contribution in [3.63, 3.8) is 0 Å². The average Bonchev–Trinajstić information content (AvgIpc) is 2.78. The maximum Gasteiger partial charge on any atom is 0.409 e. The number of nitrogens with one attached hydrogen (secondary N) is 1. The molecule has 0 radical (unpaired) electrons. The van der Waals surface area contributed by atoms with E-state index in [1.165, 1.54) is 38.1 Å². The number of hydrazine groups is 1. The minimum atomic E-state index is -4.70. The quantitative estimate of drug-likeness (QED) is 0.660. The fourth-order valence-electron chi connectivity index (χ4n) is 3.38. The number of hydrogen-bond acceptors (Lipinski definition) is 4. The van der Waals surface area contributed by atoms with Crippen molar-refractivity contribution >= 4 is 22.4 Å². The summed E-state index contributed by atoms with van der Waals surface area (Å²) in [6, 6.07) is 5.94. The summed E-state index contributed by atoms with van der Waals surface area (Å²) in [5.74, 6) is -0.504. The third-order valence-corrected chi connectivity index (χ3v) is 4.48. The summed E-state index contributed by atoms with van der Waals surface area (Å²) in [4.78, 5) is 22.3. The number of carbonyl (C=O) groups excluding carboxylic acids is 1. The molecule has 26 heavy (non-hydrogen) atoms. The van der Waals surface area contributed by atoms with E-state index in [1.54, 1.807) is 0 Å². The molecule has 138 valence electrons. The van der Waals surface area contributed by atoms with E-state index in [2.05, 4.69) is 5.43 Å². The van der Waals surface area contributed by atoms with Gasteiger partial charge in [0.1, 0.15) is 0 Å². The van der Waals surface area contributed by atoms with E-state index in [4.69, 9.17) is 0 Å². The van der Waals surface area contributed by atoms with Crippen LogP contribution in [0.3, 0.4) is 0 Å². The minimum Gasteiger partial charge on any atom is -0.287 e. The van der Waals surface area contributed by atoms with Gasteiger partial charge in [-0.15, -0.1) is 0 Å². The van der Waals surface area contributed by atoms with E-state index in [0.29, 0.717) is 0 Å². The molecule has 3 rings (SSSR count). The monoisotopic (exact) mass is 367 g/mol. The van der Waals surface area contributed by atoms with Crippen LogP contribution in [0.1, 0.15) is 31.9 Å². The van der Waals surface area contributed by atoms with Crippen LogP contribution in [0.2, 0.25) is 0 Å². The number of halogens is 3. The summed E-state index contributed by atoms with van der Waals surface area (Å²) < 4.78 is 42.0. The van der Waals surface area contributed by atoms with Gasteiger partial charge in [-0.3, -0.25) is 20.3 Å². The van der Waals surface area contributed by atoms with Crippen LogP contribution in [0.15, 0.2) is 36.4 Å². The molecule has 1 atom stereocenters. The number of fused-ring (bicyclic) bond motifs is 1. The zero-order chi connectivity index (χ0) is 19.3. The first-order valence-electron chi connectivity index (χ1n) is 7.84. The third-order valence-electron chi connectivity index (χ3n) is 4.48. The molecule has 2 aromatic rings. The summed E-state index contributed by atoms with van der Waals surface area (Å²) in [5, 5.41) is 12.3. The molecule has 6 nitrogen and oxygen atoms in total. The van der Waals surface area contributed by atoms with Crippen molar-refractivity contribution < 1.29 is 22.9 Å². The molecule has 0 aromatic heterocycles. The average molecular weight is 367 g/mol. The number of nitro benzene ring substituents is 1. The van der Waals surface area contributed by atoms with E-state index in [1.807, 2.05) is 0 Å². The number of rotatable bonds is 3. The van der Waals surface area contributed by atoms with Crippen molar-refractivity contribution in [3.05, 3.63) is 52.1 Å². The van der Waals surface area contributed by atoms with Gasteiger partial charge < -0.3 is 0 Å². The Hall–Kier alpha value is -2.68. The Morgan fingerprint density at radius 2 is 1.81 bits per heavy atom. The molecule has 1 N–H and O–H groups in total. The van der Waals surface area contributed by atoms with Crippen LogP contribution < -0.4 is 5.43 Å². The number of nitrogens with zero attached hydrogens (tertiary/aromatic N) is 2. The molecule has 1 fully saturated rings. The normalized spacial score (nSPS) is 18.7. The SMILES string of the molecule is CC1(C)CC(=O)NN1C(c1ccc([N+](=O)[O-])c2ccccc12)C(F)(F)F. The Balaban J connectivity index is 2.26. The Morgan fingerprint density at radius 3 is 2.31 bits per heavy atom. The van der Waals surface area contributed by atoms with Gasteiger partial charge in [0.15, 0.2) is 6.04 Å². The molecule has 1 unspecified atom stereocenters. The second-order valence-corrected chi connectivity index (χ2v) is 6.81. The van der Waals surface area contributed by atoms with Crippen LogP contribution in [-0.2, 0) is 4.79 Å². The second-order valence-electron chi connectivity index (χ2n) is 6.81. The van der Waals surface area contributed by atoms with E-state index in [0.717, 1.165) is 17.1 Å². The van der Waals surface area contributed by atoms with Crippen molar-refractivity contribution in [3.8, 4) is 0 Å². The lowest BCUT2D eigenvalue weighted by Gasteiger charge is -2.38. The summed E-state index contributed by atoms with van der Waals surface area (Å²) in [5.41, 5.74) is 0.810. The molecule has 1 amide bonds. The third kappa shape index (κ3) is 2.98. The molecular weight excluding hydrogens is 351 g/mol. The van der Waals surface area contributed by atoms with Crippen LogP contribution in [0.5, 0.6) is 0 Å². The van der Waals surface area contributed by atoms with Crippen molar-refractivity contribution in [1.82, 2.24) is 10.4 Å². The highest BCUT2D eigenvalue weighted by molar-refractivity contribution is 5.93. The predicted molar refractivity (Wildman–Crippen MR) is 88.1 cm³/mol. The van der Waals surface area contributed by atoms with Gasteiger partial charge in [-0.25, -0.2) is 0 Å². The Labute approximate surface area is 146 Å². The smallest absolute Gasteiger partial charge is 0.287 e. The van der Waals surface area contributed by atoms with Gasteiger partial charge in [0.25, 0.3) is 5.69 Å². The number of carbonyl (C=O) groups is 1. The van der Waals surface area contributed by atoms with Crippen molar-refractivity contribution in [2.24, 2.45) is 0 Å². The van der Waals surface area contributed by atoms with Crippen molar-refractivity contribution in [2.45, 2.75) is 38.0 Å². The Morgan fingerprint density at radius 1 is 1.19 bits per heavy atom. The maximum absolute atomic E-state index is 14.0. The highest BCUT2D eigenvalue weighted by Crippen LogP contribution is 2.45. The van der Waals surface area contributed by atoms with Crippen LogP contribution in [0, 0.1) is 10.1 Å². The summed E-state index contributed by atoms with van der Waals surface area (Å²) in [6.45, 7) is 3.08. The van der Waals surface area contributed by atoms with E-state index in [9.17, 15) is 28.1 Å². The topological polar surface area (TPSA) is 75.5 Å². The van der Waals surface area contributed by atoms with Gasteiger partial charge in [0.05, 0.1) is 10.3 Å². The first kappa shape index (κ1) is 18.1. The number of benzene rings is 2. The zero-order valence-electron chi connectivity index (χ0n) is 14.0. The van der Waals surface area contributed by atoms with Crippen molar-refractivity contribution in [2.75, 3.05) is 0 Å². The highest BCUT2D eigenvalue weighted by Gasteiger charge is 2.53. The van der Waals surface area contributed by atoms with Gasteiger partial charge in [-0.1, -0.05) is 18.2 Å². The molecule has 1 heterocycles. The van der Waals surface area contributed by atoms with E-state index >= 15 is 0 Å². The highest BCUT2D eigenvalue weighted by atomic mass is 19.4. The van der Waals surface area contributed by atoms with Gasteiger partial charge in [0, 0.05) is 18.0 Å². The van der Waals surface area contributed by atoms with Gasteiger partial charge in [0.2, 0.25) is 5.91 Å². The number of alkyl halides is 3. The van der Waals surface area contributed by atoms with Gasteiger partial charge >= 0.3 is 6.18 Å². The first-order valence-corrected chi connectivity index (χ1v) is 7.84. The molecule has 0 spiro atoms. The largest absolute Gasteiger partial charge is 0.409 e. The van der Waals surface area contributed by atoms with Crippen LogP contribution in [0.25, 0.3) is 10.8 Å². The number of non-ortho nitro benzene ring substituents is 1. The molecule has 1 aliphatic rings. The Kier molecular flexibility index (Phi) is 4.14. The van der Waals surface area contributed by atoms with Gasteiger partial charge in [-0.2, -0.15) is 18.2 Å². The maximum atomic E-state index is 14.0. The summed E-state index contributed by atoms with van der Waals surface area (Å²) in [6.07, 6.45) is -4.78. The van der Waals surface area contributed by atoms with Crippen LogP contribution >= 0.6 is 0 Å². The van der Waals surface area contributed by atoms with Gasteiger partial charge in [-0.05, 0) is 36.9 Å². The Bertz CT molecular complexity index is 896. The molecule has 1 saturated heterocycles. The lowest BCUT2D eigenvalue weighted by atomic mass is 9.93. The van der Waals surface area contributed by atoms with Crippen LogP contribution in [0.4, 0.5) is 18.9 Å². The predicted octanol–water partition coefficient (Wildman–Crippen LogP) is 3.87. The van der Waals surface area contributed by atoms with Crippen molar-refractivity contribution in [1.29, 1.82) is 0 Å². The summed E-state index contributed by atoms with van der Waals surface area (Å²) in [7, 11) is 0. The minimum absolute atomic E-state index is 0.0789. The fraction of sp³-hybridized carbons (Fsp3) is 0.353. The number of amides is 1. The first-order chi connectivity index (χ1) is 12.0. The van der Waals surface area contributed by atoms with Crippen LogP contribution in [-0.4, -0.2) is 27.6 Å². The lowest BCUT2D eigenvalue weighted by Crippen LogP contribution is -2.51.